The molecule has 2 aromatic heterocycles. The molecule has 1 amide bonds. The van der Waals surface area contributed by atoms with E-state index < -0.39 is 0 Å². The third-order valence-electron chi connectivity index (χ3n) is 5.91. The molecule has 1 aliphatic heterocycles. The van der Waals surface area contributed by atoms with Gasteiger partial charge < -0.3 is 9.64 Å². The van der Waals surface area contributed by atoms with Crippen molar-refractivity contribution < 1.29 is 9.53 Å². The van der Waals surface area contributed by atoms with Gasteiger partial charge in [0.15, 0.2) is 11.0 Å². The monoisotopic (exact) mass is 471 g/mol. The van der Waals surface area contributed by atoms with Gasteiger partial charge in [-0.05, 0) is 67.8 Å². The first kappa shape index (κ1) is 22.2. The molecule has 4 aromatic rings. The molecule has 0 spiro atoms. The number of rotatable bonds is 6. The normalized spacial score (nSPS) is 13.9. The third-order valence-corrected chi connectivity index (χ3v) is 6.94. The minimum Gasteiger partial charge on any atom is -0.497 e. The van der Waals surface area contributed by atoms with Gasteiger partial charge in [-0.15, -0.1) is 10.2 Å². The average Bonchev–Trinajstić information content (AvgIpc) is 3.31. The lowest BCUT2D eigenvalue weighted by Gasteiger charge is -2.31. The van der Waals surface area contributed by atoms with Crippen molar-refractivity contribution in [1.29, 1.82) is 0 Å². The van der Waals surface area contributed by atoms with Crippen LogP contribution < -0.4 is 9.64 Å². The number of anilines is 1. The lowest BCUT2D eigenvalue weighted by atomic mass is 10.0. The van der Waals surface area contributed by atoms with Crippen LogP contribution in [0, 0.1) is 0 Å². The van der Waals surface area contributed by atoms with Gasteiger partial charge in [0.05, 0.1) is 12.4 Å². The van der Waals surface area contributed by atoms with E-state index in [2.05, 4.69) is 21.2 Å². The van der Waals surface area contributed by atoms with Crippen molar-refractivity contribution in [1.82, 2.24) is 19.7 Å². The Morgan fingerprint density at radius 3 is 2.56 bits per heavy atom. The number of aromatic nitrogens is 4. The van der Waals surface area contributed by atoms with Crippen LogP contribution in [-0.4, -0.2) is 44.6 Å². The maximum Gasteiger partial charge on any atom is 0.240 e. The first-order chi connectivity index (χ1) is 16.7. The molecule has 0 radical (unpaired) electrons. The summed E-state index contributed by atoms with van der Waals surface area (Å²) in [6.45, 7) is 2.66. The fourth-order valence-corrected chi connectivity index (χ4v) is 5.12. The highest BCUT2D eigenvalue weighted by Crippen LogP contribution is 2.33. The number of methoxy groups -OCH3 is 1. The summed E-state index contributed by atoms with van der Waals surface area (Å²) in [5, 5.41) is 9.27. The fourth-order valence-electron chi connectivity index (χ4n) is 4.19. The van der Waals surface area contributed by atoms with Crippen LogP contribution >= 0.6 is 11.8 Å². The second kappa shape index (κ2) is 9.69. The van der Waals surface area contributed by atoms with Crippen molar-refractivity contribution in [3.63, 3.8) is 0 Å². The van der Waals surface area contributed by atoms with Crippen LogP contribution in [0.4, 0.5) is 5.69 Å². The molecule has 0 fully saturated rings. The molecule has 2 aromatic carbocycles. The minimum atomic E-state index is -0.336. The van der Waals surface area contributed by atoms with Gasteiger partial charge in [0, 0.05) is 35.9 Å². The van der Waals surface area contributed by atoms with Crippen molar-refractivity contribution in [2.75, 3.05) is 18.6 Å². The van der Waals surface area contributed by atoms with Gasteiger partial charge in [0.1, 0.15) is 5.75 Å². The number of pyridine rings is 1. The van der Waals surface area contributed by atoms with E-state index in [1.54, 1.807) is 19.5 Å². The van der Waals surface area contributed by atoms with E-state index in [9.17, 15) is 4.79 Å². The van der Waals surface area contributed by atoms with Gasteiger partial charge in [-0.25, -0.2) is 0 Å². The van der Waals surface area contributed by atoms with Gasteiger partial charge >= 0.3 is 0 Å². The molecule has 0 saturated heterocycles. The van der Waals surface area contributed by atoms with Crippen LogP contribution in [0.15, 0.2) is 78.2 Å². The topological polar surface area (TPSA) is 73.1 Å². The first-order valence-electron chi connectivity index (χ1n) is 11.2. The largest absolute Gasteiger partial charge is 0.497 e. The number of fused-ring (bicyclic) bond motifs is 1. The smallest absolute Gasteiger partial charge is 0.240 e. The highest BCUT2D eigenvalue weighted by molar-refractivity contribution is 8.00. The Labute approximate surface area is 202 Å². The number of carbonyl (C=O) groups excluding carboxylic acids is 1. The van der Waals surface area contributed by atoms with E-state index >= 15 is 0 Å². The van der Waals surface area contributed by atoms with Gasteiger partial charge in [-0.2, -0.15) is 0 Å². The van der Waals surface area contributed by atoms with Crippen molar-refractivity contribution in [2.45, 2.75) is 30.2 Å². The number of ether oxygens (including phenoxy) is 1. The number of amides is 1. The Balaban J connectivity index is 1.48. The molecule has 5 rings (SSSR count). The Hall–Kier alpha value is -3.65. The predicted octanol–water partition coefficient (Wildman–Crippen LogP) is 4.80. The molecule has 34 heavy (non-hydrogen) atoms. The first-order valence-corrected chi connectivity index (χ1v) is 12.1. The Kier molecular flexibility index (Phi) is 6.31. The lowest BCUT2D eigenvalue weighted by Crippen LogP contribution is -2.40. The van der Waals surface area contributed by atoms with E-state index in [0.29, 0.717) is 11.0 Å². The lowest BCUT2D eigenvalue weighted by molar-refractivity contribution is -0.117. The number of nitrogens with zero attached hydrogens (tertiary/aromatic N) is 5. The minimum absolute atomic E-state index is 0.0758. The molecule has 0 N–H and O–H groups in total. The van der Waals surface area contributed by atoms with Crippen LogP contribution in [0.5, 0.6) is 5.75 Å². The fraction of sp³-hybridized carbons (Fsp3) is 0.231. The third kappa shape index (κ3) is 4.28. The van der Waals surface area contributed by atoms with E-state index in [0.717, 1.165) is 42.1 Å². The Morgan fingerprint density at radius 1 is 1.03 bits per heavy atom. The molecule has 172 valence electrons. The Morgan fingerprint density at radius 2 is 1.79 bits per heavy atom. The Bertz CT molecular complexity index is 1290. The summed E-state index contributed by atoms with van der Waals surface area (Å²) >= 11 is 1.42. The van der Waals surface area contributed by atoms with E-state index in [1.807, 2.05) is 71.0 Å². The van der Waals surface area contributed by atoms with E-state index in [1.165, 1.54) is 17.3 Å². The van der Waals surface area contributed by atoms with Crippen LogP contribution in [0.1, 0.15) is 18.9 Å². The van der Waals surface area contributed by atoms with Crippen molar-refractivity contribution in [3.05, 3.63) is 78.6 Å². The maximum atomic E-state index is 13.5. The number of benzene rings is 2. The SMILES string of the molecule is COc1ccc(-n2c(SC(C)C(=O)N3CCCc4ccccc43)nnc2-c2ccncc2)cc1. The molecule has 1 unspecified atom stereocenters. The number of para-hydroxylation sites is 1. The van der Waals surface area contributed by atoms with E-state index in [4.69, 9.17) is 4.74 Å². The molecule has 0 aliphatic carbocycles. The summed E-state index contributed by atoms with van der Waals surface area (Å²) in [4.78, 5) is 19.5. The second-order valence-corrected chi connectivity index (χ2v) is 9.37. The second-order valence-electron chi connectivity index (χ2n) is 8.06. The number of thioether (sulfide) groups is 1. The zero-order valence-corrected chi connectivity index (χ0v) is 19.9. The average molecular weight is 472 g/mol. The zero-order chi connectivity index (χ0) is 23.5. The maximum absolute atomic E-state index is 13.5. The number of carbonyl (C=O) groups is 1. The standard InChI is InChI=1S/C26H25N5O2S/c1-18(25(32)30-17-5-7-19-6-3-4-8-23(19)30)34-26-29-28-24(20-13-15-27-16-14-20)31(26)21-9-11-22(33-2)12-10-21/h3-4,6,8-16,18H,5,7,17H2,1-2H3. The van der Waals surface area contributed by atoms with Crippen molar-refractivity contribution >= 4 is 23.4 Å². The predicted molar refractivity (Wildman–Crippen MR) is 134 cm³/mol. The molecule has 0 bridgehead atoms. The zero-order valence-electron chi connectivity index (χ0n) is 19.1. The molecule has 7 nitrogen and oxygen atoms in total. The summed E-state index contributed by atoms with van der Waals surface area (Å²) in [6.07, 6.45) is 5.43. The molecular formula is C26H25N5O2S. The van der Waals surface area contributed by atoms with Crippen LogP contribution in [0.2, 0.25) is 0 Å². The summed E-state index contributed by atoms with van der Waals surface area (Å²) in [5.74, 6) is 1.54. The van der Waals surface area contributed by atoms with Crippen molar-refractivity contribution in [3.8, 4) is 22.8 Å². The number of hydrogen-bond acceptors (Lipinski definition) is 6. The highest BCUT2D eigenvalue weighted by atomic mass is 32.2. The van der Waals surface area contributed by atoms with Crippen LogP contribution in [0.25, 0.3) is 17.1 Å². The molecule has 0 saturated carbocycles. The quantitative estimate of drug-likeness (QED) is 0.376. The summed E-state index contributed by atoms with van der Waals surface area (Å²) in [7, 11) is 1.64. The highest BCUT2D eigenvalue weighted by Gasteiger charge is 2.28. The van der Waals surface area contributed by atoms with E-state index in [-0.39, 0.29) is 11.2 Å². The van der Waals surface area contributed by atoms with Crippen LogP contribution in [0.3, 0.4) is 0 Å². The summed E-state index contributed by atoms with van der Waals surface area (Å²) in [6, 6.07) is 19.7. The number of hydrogen-bond donors (Lipinski definition) is 0. The van der Waals surface area contributed by atoms with Gasteiger partial charge in [-0.3, -0.25) is 14.3 Å². The molecule has 1 atom stereocenters. The summed E-state index contributed by atoms with van der Waals surface area (Å²) in [5.41, 5.74) is 4.03. The number of aryl methyl sites for hydroxylation is 1. The van der Waals surface area contributed by atoms with Gasteiger partial charge in [0.25, 0.3) is 0 Å². The molecule has 1 aliphatic rings. The molecular weight excluding hydrogens is 446 g/mol. The summed E-state index contributed by atoms with van der Waals surface area (Å²) < 4.78 is 7.30. The van der Waals surface area contributed by atoms with Crippen LogP contribution in [-0.2, 0) is 11.2 Å². The van der Waals surface area contributed by atoms with Gasteiger partial charge in [-0.1, -0.05) is 30.0 Å². The molecule has 8 heteroatoms. The van der Waals surface area contributed by atoms with Gasteiger partial charge in [0.2, 0.25) is 5.91 Å². The molecule has 3 heterocycles. The van der Waals surface area contributed by atoms with Crippen molar-refractivity contribution in [2.24, 2.45) is 0 Å².